The first kappa shape index (κ1) is 11.7. The van der Waals surface area contributed by atoms with Crippen LogP contribution in [-0.4, -0.2) is 16.0 Å². The van der Waals surface area contributed by atoms with Crippen molar-refractivity contribution in [2.24, 2.45) is 23.7 Å². The molecule has 4 atom stereocenters. The summed E-state index contributed by atoms with van der Waals surface area (Å²) in [6.45, 7) is 6.49. The molecule has 1 aromatic rings. The highest BCUT2D eigenvalue weighted by atomic mass is 15.1. The predicted octanol–water partition coefficient (Wildman–Crippen LogP) is 3.23. The predicted molar refractivity (Wildman–Crippen MR) is 76.0 cm³/mol. The van der Waals surface area contributed by atoms with Crippen LogP contribution < -0.4 is 5.32 Å². The maximum Gasteiger partial charge on any atom is 0.135 e. The van der Waals surface area contributed by atoms with Gasteiger partial charge in [0.1, 0.15) is 11.6 Å². The monoisotopic (exact) mass is 257 g/mol. The smallest absolute Gasteiger partial charge is 0.135 e. The fourth-order valence-electron chi connectivity index (χ4n) is 4.49. The molecule has 0 amide bonds. The molecule has 1 aromatic heterocycles. The van der Waals surface area contributed by atoms with Crippen LogP contribution in [-0.2, 0) is 5.41 Å². The van der Waals surface area contributed by atoms with E-state index in [1.807, 2.05) is 12.3 Å². The van der Waals surface area contributed by atoms with Gasteiger partial charge in [-0.15, -0.1) is 0 Å². The van der Waals surface area contributed by atoms with E-state index in [9.17, 15) is 0 Å². The van der Waals surface area contributed by atoms with Crippen LogP contribution in [0, 0.1) is 23.7 Å². The van der Waals surface area contributed by atoms with Crippen molar-refractivity contribution in [3.8, 4) is 0 Å². The summed E-state index contributed by atoms with van der Waals surface area (Å²) >= 11 is 0. The van der Waals surface area contributed by atoms with Gasteiger partial charge in [-0.05, 0) is 49.0 Å². The Bertz CT molecular complexity index is 489. The number of fused-ring (bicyclic) bond motifs is 5. The lowest BCUT2D eigenvalue weighted by atomic mass is 9.96. The molecule has 3 aliphatic carbocycles. The van der Waals surface area contributed by atoms with E-state index >= 15 is 0 Å². The highest BCUT2D eigenvalue weighted by Crippen LogP contribution is 2.66. The van der Waals surface area contributed by atoms with E-state index in [0.29, 0.717) is 6.04 Å². The van der Waals surface area contributed by atoms with Crippen molar-refractivity contribution in [2.75, 3.05) is 5.32 Å². The van der Waals surface area contributed by atoms with Gasteiger partial charge in [-0.1, -0.05) is 20.8 Å². The Morgan fingerprint density at radius 2 is 1.84 bits per heavy atom. The van der Waals surface area contributed by atoms with Crippen LogP contribution in [0.3, 0.4) is 0 Å². The zero-order chi connectivity index (χ0) is 13.2. The molecule has 3 fully saturated rings. The largest absolute Gasteiger partial charge is 0.367 e. The molecule has 3 heteroatoms. The van der Waals surface area contributed by atoms with Crippen LogP contribution >= 0.6 is 0 Å². The lowest BCUT2D eigenvalue weighted by Crippen LogP contribution is -2.19. The van der Waals surface area contributed by atoms with Gasteiger partial charge in [0, 0.05) is 17.7 Å². The molecule has 0 aromatic carbocycles. The molecule has 3 saturated carbocycles. The first-order valence-corrected chi connectivity index (χ1v) is 7.64. The zero-order valence-corrected chi connectivity index (χ0v) is 12.1. The van der Waals surface area contributed by atoms with E-state index in [4.69, 9.17) is 4.98 Å². The molecule has 19 heavy (non-hydrogen) atoms. The lowest BCUT2D eigenvalue weighted by molar-refractivity contribution is 0.456. The van der Waals surface area contributed by atoms with Crippen LogP contribution in [0.25, 0.3) is 0 Å². The second kappa shape index (κ2) is 3.71. The quantitative estimate of drug-likeness (QED) is 0.884. The second-order valence-corrected chi connectivity index (χ2v) is 7.67. The average molecular weight is 257 g/mol. The van der Waals surface area contributed by atoms with E-state index in [1.54, 1.807) is 0 Å². The molecule has 102 valence electrons. The third-order valence-corrected chi connectivity index (χ3v) is 5.38. The molecule has 0 aliphatic heterocycles. The molecular formula is C16H23N3. The van der Waals surface area contributed by atoms with E-state index in [1.165, 1.54) is 19.3 Å². The third kappa shape index (κ3) is 1.78. The van der Waals surface area contributed by atoms with Crippen LogP contribution in [0.5, 0.6) is 0 Å². The first-order valence-electron chi connectivity index (χ1n) is 7.64. The number of anilines is 1. The van der Waals surface area contributed by atoms with Gasteiger partial charge in [0.15, 0.2) is 0 Å². The van der Waals surface area contributed by atoms with Crippen molar-refractivity contribution < 1.29 is 0 Å². The van der Waals surface area contributed by atoms with Crippen molar-refractivity contribution in [1.82, 2.24) is 9.97 Å². The van der Waals surface area contributed by atoms with Crippen molar-refractivity contribution >= 4 is 5.82 Å². The molecule has 4 rings (SSSR count). The summed E-state index contributed by atoms with van der Waals surface area (Å²) in [5.74, 6) is 5.89. The van der Waals surface area contributed by atoms with Crippen molar-refractivity contribution in [2.45, 2.75) is 51.5 Å². The summed E-state index contributed by atoms with van der Waals surface area (Å²) in [6, 6.07) is 2.72. The number of hydrogen-bond acceptors (Lipinski definition) is 3. The summed E-state index contributed by atoms with van der Waals surface area (Å²) in [6.07, 6.45) is 6.34. The Kier molecular flexibility index (Phi) is 2.28. The van der Waals surface area contributed by atoms with E-state index in [0.717, 1.165) is 35.3 Å². The summed E-state index contributed by atoms with van der Waals surface area (Å²) in [4.78, 5) is 9.10. The molecule has 1 N–H and O–H groups in total. The maximum absolute atomic E-state index is 4.70. The molecule has 0 spiro atoms. The number of rotatable bonds is 2. The van der Waals surface area contributed by atoms with Gasteiger partial charge in [0.2, 0.25) is 0 Å². The Morgan fingerprint density at radius 3 is 2.47 bits per heavy atom. The Hall–Kier alpha value is -1.12. The standard InChI is InChI=1S/C16H23N3/c1-16(2,3)15-17-7-6-11(19-15)18-14-12-9-4-5-10(8-9)13(12)14/h6-7,9-10,12-14H,4-5,8H2,1-3H3,(H,17,18,19). The topological polar surface area (TPSA) is 37.8 Å². The fraction of sp³-hybridized carbons (Fsp3) is 0.750. The molecule has 0 radical (unpaired) electrons. The first-order chi connectivity index (χ1) is 9.04. The Balaban J connectivity index is 1.50. The highest BCUT2D eigenvalue weighted by Gasteiger charge is 2.65. The Labute approximate surface area is 115 Å². The molecule has 4 unspecified atom stereocenters. The Morgan fingerprint density at radius 1 is 1.16 bits per heavy atom. The van der Waals surface area contributed by atoms with Gasteiger partial charge in [0.05, 0.1) is 0 Å². The van der Waals surface area contributed by atoms with Crippen LogP contribution in [0.2, 0.25) is 0 Å². The lowest BCUT2D eigenvalue weighted by Gasteiger charge is -2.18. The minimum Gasteiger partial charge on any atom is -0.367 e. The molecule has 3 aliphatic rings. The van der Waals surface area contributed by atoms with Gasteiger partial charge in [0.25, 0.3) is 0 Å². The zero-order valence-electron chi connectivity index (χ0n) is 12.1. The van der Waals surface area contributed by atoms with Gasteiger partial charge in [-0.25, -0.2) is 9.97 Å². The molecule has 1 heterocycles. The van der Waals surface area contributed by atoms with Crippen LogP contribution in [0.1, 0.15) is 45.9 Å². The molecule has 3 nitrogen and oxygen atoms in total. The second-order valence-electron chi connectivity index (χ2n) is 7.67. The highest BCUT2D eigenvalue weighted by molar-refractivity contribution is 5.40. The minimum atomic E-state index is 0.0239. The van der Waals surface area contributed by atoms with E-state index in [-0.39, 0.29) is 5.41 Å². The fourth-order valence-corrected chi connectivity index (χ4v) is 4.49. The van der Waals surface area contributed by atoms with Crippen LogP contribution in [0.4, 0.5) is 5.82 Å². The number of nitrogens with one attached hydrogen (secondary N) is 1. The minimum absolute atomic E-state index is 0.0239. The molecular weight excluding hydrogens is 234 g/mol. The number of nitrogens with zero attached hydrogens (tertiary/aromatic N) is 2. The van der Waals surface area contributed by atoms with E-state index in [2.05, 4.69) is 31.1 Å². The van der Waals surface area contributed by atoms with Crippen LogP contribution in [0.15, 0.2) is 12.3 Å². The van der Waals surface area contributed by atoms with Gasteiger partial charge in [-0.3, -0.25) is 0 Å². The van der Waals surface area contributed by atoms with Crippen molar-refractivity contribution in [3.05, 3.63) is 18.1 Å². The van der Waals surface area contributed by atoms with Gasteiger partial charge < -0.3 is 5.32 Å². The normalized spacial score (nSPS) is 39.2. The summed E-state index contributed by atoms with van der Waals surface area (Å²) in [5, 5.41) is 3.68. The molecule has 2 bridgehead atoms. The average Bonchev–Trinajstić information content (AvgIpc) is 2.77. The molecule has 0 saturated heterocycles. The van der Waals surface area contributed by atoms with E-state index < -0.39 is 0 Å². The number of aromatic nitrogens is 2. The number of hydrogen-bond donors (Lipinski definition) is 1. The van der Waals surface area contributed by atoms with Gasteiger partial charge >= 0.3 is 0 Å². The summed E-state index contributed by atoms with van der Waals surface area (Å²) in [7, 11) is 0. The summed E-state index contributed by atoms with van der Waals surface area (Å²) in [5.41, 5.74) is 0.0239. The third-order valence-electron chi connectivity index (χ3n) is 5.38. The maximum atomic E-state index is 4.70. The van der Waals surface area contributed by atoms with Crippen molar-refractivity contribution in [3.63, 3.8) is 0 Å². The van der Waals surface area contributed by atoms with Crippen molar-refractivity contribution in [1.29, 1.82) is 0 Å². The SMILES string of the molecule is CC(C)(C)c1nccc(NC2C3C4CCC(C4)C23)n1. The van der Waals surface area contributed by atoms with Gasteiger partial charge in [-0.2, -0.15) is 0 Å². The summed E-state index contributed by atoms with van der Waals surface area (Å²) < 4.78 is 0.